The first-order valence-corrected chi connectivity index (χ1v) is 17.2. The molecule has 230 valence electrons. The molecule has 0 fully saturated rings. The topological polar surface area (TPSA) is 38.7 Å². The van der Waals surface area contributed by atoms with E-state index in [1.54, 1.807) is 6.20 Å². The molecule has 0 aliphatic carbocycles. The van der Waals surface area contributed by atoms with Crippen molar-refractivity contribution >= 4 is 31.5 Å². The highest BCUT2D eigenvalue weighted by Gasteiger charge is 2.27. The lowest BCUT2D eigenvalue weighted by atomic mass is 9.78. The molecule has 0 radical (unpaired) electrons. The Morgan fingerprint density at radius 1 is 0.388 bits per heavy atom. The van der Waals surface area contributed by atoms with Crippen molar-refractivity contribution in [3.05, 3.63) is 176 Å². The SMILES string of the molecule is c1ccc(-c2ccccc2-c2cc(-c3ccccc3)c(-c3ccccc3)c(-c3ccnnn3)c2-c2cccc3sc4ccccc4c23)cc1. The van der Waals surface area contributed by atoms with E-state index < -0.39 is 0 Å². The van der Waals surface area contributed by atoms with Gasteiger partial charge in [-0.05, 0) is 79.5 Å². The van der Waals surface area contributed by atoms with Gasteiger partial charge in [0.2, 0.25) is 0 Å². The first kappa shape index (κ1) is 29.0. The highest BCUT2D eigenvalue weighted by molar-refractivity contribution is 7.25. The smallest absolute Gasteiger partial charge is 0.0976 e. The van der Waals surface area contributed by atoms with E-state index in [0.717, 1.165) is 50.2 Å². The first-order valence-electron chi connectivity index (χ1n) is 16.4. The van der Waals surface area contributed by atoms with Crippen molar-refractivity contribution in [2.75, 3.05) is 0 Å². The lowest BCUT2D eigenvalue weighted by Crippen LogP contribution is -2.01. The van der Waals surface area contributed by atoms with Crippen LogP contribution in [0.4, 0.5) is 0 Å². The summed E-state index contributed by atoms with van der Waals surface area (Å²) >= 11 is 1.84. The van der Waals surface area contributed by atoms with Crippen molar-refractivity contribution in [2.24, 2.45) is 0 Å². The van der Waals surface area contributed by atoms with E-state index in [4.69, 9.17) is 5.10 Å². The molecule has 2 heterocycles. The molecule has 9 rings (SSSR count). The summed E-state index contributed by atoms with van der Waals surface area (Å²) in [4.78, 5) is 0. The lowest BCUT2D eigenvalue weighted by Gasteiger charge is -2.25. The minimum atomic E-state index is 0.775. The highest BCUT2D eigenvalue weighted by Crippen LogP contribution is 2.53. The summed E-state index contributed by atoms with van der Waals surface area (Å²) in [6.07, 6.45) is 1.74. The maximum atomic E-state index is 4.74. The molecular formula is C45H29N3S. The molecule has 9 aromatic rings. The second-order valence-electron chi connectivity index (χ2n) is 12.0. The van der Waals surface area contributed by atoms with Crippen LogP contribution in [0.25, 0.3) is 87.1 Å². The highest BCUT2D eigenvalue weighted by atomic mass is 32.1. The standard InChI is InChI=1S/C45H29N3S/c1-4-15-30(16-5-1)33-21-10-11-22-34(33)38-29-37(31-17-6-2-7-18-31)42(32-19-8-3-9-20-32)45(39-27-28-46-48-47-39)44(38)36-24-14-26-41-43(36)35-23-12-13-25-40(35)49-41/h1-29H. The molecule has 2 aromatic heterocycles. The predicted octanol–water partition coefficient (Wildman–Crippen LogP) is 12.2. The molecule has 0 aliphatic heterocycles. The Morgan fingerprint density at radius 2 is 0.980 bits per heavy atom. The minimum absolute atomic E-state index is 0.775. The van der Waals surface area contributed by atoms with Gasteiger partial charge in [-0.2, -0.15) is 0 Å². The number of nitrogens with zero attached hydrogens (tertiary/aromatic N) is 3. The molecule has 0 aliphatic rings. The fourth-order valence-electron chi connectivity index (χ4n) is 7.13. The van der Waals surface area contributed by atoms with E-state index in [9.17, 15) is 0 Å². The molecule has 0 amide bonds. The Balaban J connectivity index is 1.53. The average Bonchev–Trinajstić information content (AvgIpc) is 3.58. The van der Waals surface area contributed by atoms with Crippen LogP contribution in [0.3, 0.4) is 0 Å². The fraction of sp³-hybridized carbons (Fsp3) is 0. The monoisotopic (exact) mass is 643 g/mol. The number of benzene rings is 7. The summed E-state index contributed by atoms with van der Waals surface area (Å²) in [7, 11) is 0. The van der Waals surface area contributed by atoms with Crippen LogP contribution in [0.1, 0.15) is 0 Å². The van der Waals surface area contributed by atoms with E-state index in [1.165, 1.54) is 36.9 Å². The largest absolute Gasteiger partial charge is 0.139 e. The zero-order valence-corrected chi connectivity index (χ0v) is 27.3. The second-order valence-corrected chi connectivity index (χ2v) is 13.1. The maximum Gasteiger partial charge on any atom is 0.0976 e. The molecule has 0 unspecified atom stereocenters. The molecule has 0 atom stereocenters. The van der Waals surface area contributed by atoms with E-state index in [2.05, 4.69) is 174 Å². The number of aromatic nitrogens is 3. The molecule has 7 aromatic carbocycles. The van der Waals surface area contributed by atoms with Crippen LogP contribution in [0.2, 0.25) is 0 Å². The van der Waals surface area contributed by atoms with Gasteiger partial charge in [-0.15, -0.1) is 21.5 Å². The third-order valence-electron chi connectivity index (χ3n) is 9.21. The number of hydrogen-bond acceptors (Lipinski definition) is 4. The normalized spacial score (nSPS) is 11.3. The van der Waals surface area contributed by atoms with Gasteiger partial charge in [-0.1, -0.05) is 146 Å². The quantitative estimate of drug-likeness (QED) is 0.181. The van der Waals surface area contributed by atoms with E-state index in [1.807, 2.05) is 17.4 Å². The van der Waals surface area contributed by atoms with Crippen LogP contribution in [-0.4, -0.2) is 15.4 Å². The number of hydrogen-bond donors (Lipinski definition) is 0. The van der Waals surface area contributed by atoms with Crippen molar-refractivity contribution in [1.82, 2.24) is 15.4 Å². The van der Waals surface area contributed by atoms with Crippen LogP contribution in [0.5, 0.6) is 0 Å². The van der Waals surface area contributed by atoms with Gasteiger partial charge in [0.25, 0.3) is 0 Å². The molecule has 0 saturated heterocycles. The van der Waals surface area contributed by atoms with Crippen LogP contribution in [0, 0.1) is 0 Å². The van der Waals surface area contributed by atoms with Crippen molar-refractivity contribution in [3.63, 3.8) is 0 Å². The van der Waals surface area contributed by atoms with Gasteiger partial charge in [0, 0.05) is 31.3 Å². The Morgan fingerprint density at radius 3 is 1.69 bits per heavy atom. The zero-order chi connectivity index (χ0) is 32.6. The third-order valence-corrected chi connectivity index (χ3v) is 10.3. The Hall–Kier alpha value is -6.23. The zero-order valence-electron chi connectivity index (χ0n) is 26.5. The predicted molar refractivity (Wildman–Crippen MR) is 205 cm³/mol. The summed E-state index contributed by atoms with van der Waals surface area (Å²) in [5, 5.41) is 15.6. The molecule has 0 spiro atoms. The van der Waals surface area contributed by atoms with Crippen molar-refractivity contribution in [2.45, 2.75) is 0 Å². The van der Waals surface area contributed by atoms with Gasteiger partial charge in [-0.25, -0.2) is 0 Å². The van der Waals surface area contributed by atoms with Gasteiger partial charge in [0.15, 0.2) is 0 Å². The molecular weight excluding hydrogens is 615 g/mol. The number of fused-ring (bicyclic) bond motifs is 3. The Labute approximate surface area is 288 Å². The van der Waals surface area contributed by atoms with Crippen LogP contribution in [-0.2, 0) is 0 Å². The van der Waals surface area contributed by atoms with Gasteiger partial charge < -0.3 is 0 Å². The van der Waals surface area contributed by atoms with Crippen LogP contribution < -0.4 is 0 Å². The summed E-state index contributed by atoms with van der Waals surface area (Å²) in [5.74, 6) is 0. The number of rotatable bonds is 6. The lowest BCUT2D eigenvalue weighted by molar-refractivity contribution is 0.871. The molecule has 4 heteroatoms. The Bertz CT molecular complexity index is 2580. The molecule has 0 N–H and O–H groups in total. The minimum Gasteiger partial charge on any atom is -0.139 e. The van der Waals surface area contributed by atoms with E-state index in [0.29, 0.717) is 0 Å². The average molecular weight is 644 g/mol. The molecule has 0 saturated carbocycles. The van der Waals surface area contributed by atoms with Gasteiger partial charge in [0.05, 0.1) is 11.9 Å². The second kappa shape index (κ2) is 12.4. The molecule has 0 bridgehead atoms. The maximum absolute atomic E-state index is 4.74. The van der Waals surface area contributed by atoms with Crippen LogP contribution in [0.15, 0.2) is 176 Å². The van der Waals surface area contributed by atoms with Gasteiger partial charge in [-0.3, -0.25) is 0 Å². The summed E-state index contributed by atoms with van der Waals surface area (Å²) in [6.45, 7) is 0. The summed E-state index contributed by atoms with van der Waals surface area (Å²) in [5.41, 5.74) is 13.2. The Kier molecular flexibility index (Phi) is 7.34. The fourth-order valence-corrected chi connectivity index (χ4v) is 8.26. The van der Waals surface area contributed by atoms with E-state index in [-0.39, 0.29) is 0 Å². The van der Waals surface area contributed by atoms with Crippen molar-refractivity contribution < 1.29 is 0 Å². The third kappa shape index (κ3) is 5.10. The van der Waals surface area contributed by atoms with E-state index >= 15 is 0 Å². The number of thiophene rings is 1. The van der Waals surface area contributed by atoms with Crippen molar-refractivity contribution in [3.8, 4) is 66.9 Å². The van der Waals surface area contributed by atoms with Gasteiger partial charge in [0.1, 0.15) is 0 Å². The first-order chi connectivity index (χ1) is 24.3. The molecule has 3 nitrogen and oxygen atoms in total. The summed E-state index contributed by atoms with van der Waals surface area (Å²) in [6, 6.07) is 60.6. The summed E-state index contributed by atoms with van der Waals surface area (Å²) < 4.78 is 2.52. The molecule has 49 heavy (non-hydrogen) atoms. The van der Waals surface area contributed by atoms with Gasteiger partial charge >= 0.3 is 0 Å². The van der Waals surface area contributed by atoms with Crippen LogP contribution >= 0.6 is 11.3 Å². The van der Waals surface area contributed by atoms with Crippen molar-refractivity contribution in [1.29, 1.82) is 0 Å².